The van der Waals surface area contributed by atoms with Crippen LogP contribution in [0.3, 0.4) is 0 Å². The highest BCUT2D eigenvalue weighted by Crippen LogP contribution is 2.26. The zero-order valence-electron chi connectivity index (χ0n) is 10.5. The van der Waals surface area contributed by atoms with Crippen LogP contribution in [0.5, 0.6) is 5.88 Å². The number of rotatable bonds is 3. The van der Waals surface area contributed by atoms with Crippen LogP contribution in [0.1, 0.15) is 18.9 Å². The smallest absolute Gasteiger partial charge is 0.262 e. The minimum Gasteiger partial charge on any atom is -0.493 e. The van der Waals surface area contributed by atoms with Gasteiger partial charge in [0.2, 0.25) is 5.88 Å². The van der Waals surface area contributed by atoms with Crippen LogP contribution in [-0.2, 0) is 4.74 Å². The fourth-order valence-corrected chi connectivity index (χ4v) is 1.88. The number of methoxy groups -OCH3 is 1. The summed E-state index contributed by atoms with van der Waals surface area (Å²) in [5.41, 5.74) is 0.165. The molecule has 0 radical (unpaired) electrons. The average Bonchev–Trinajstić information content (AvgIpc) is 2.37. The standard InChI is InChI=1S/C13H13ClN2O3/c1-7(19-2)11-15-12(17)10(13(18)16-11)8-4-3-5-9(14)6-8/h3-7H,1-2H3,(H2,15,16,17,18). The molecule has 1 atom stereocenters. The molecule has 2 aromatic rings. The van der Waals surface area contributed by atoms with E-state index in [1.807, 2.05) is 0 Å². The Bertz CT molecular complexity index is 655. The van der Waals surface area contributed by atoms with Gasteiger partial charge in [0, 0.05) is 12.1 Å². The number of aromatic amines is 1. The van der Waals surface area contributed by atoms with Crippen LogP contribution < -0.4 is 5.56 Å². The maximum Gasteiger partial charge on any atom is 0.262 e. The van der Waals surface area contributed by atoms with Crippen molar-refractivity contribution in [2.24, 2.45) is 0 Å². The van der Waals surface area contributed by atoms with E-state index in [1.54, 1.807) is 31.2 Å². The maximum absolute atomic E-state index is 12.0. The molecular formula is C13H13ClN2O3. The first-order chi connectivity index (χ1) is 9.02. The number of aromatic nitrogens is 2. The predicted octanol–water partition coefficient (Wildman–Crippen LogP) is 2.50. The Morgan fingerprint density at radius 3 is 2.79 bits per heavy atom. The molecule has 5 nitrogen and oxygen atoms in total. The molecule has 100 valence electrons. The molecular weight excluding hydrogens is 268 g/mol. The molecule has 19 heavy (non-hydrogen) atoms. The van der Waals surface area contributed by atoms with Crippen LogP contribution in [0, 0.1) is 0 Å². The second-order valence-electron chi connectivity index (χ2n) is 4.04. The third kappa shape index (κ3) is 2.77. The molecule has 0 saturated carbocycles. The van der Waals surface area contributed by atoms with E-state index in [1.165, 1.54) is 7.11 Å². The molecule has 0 aliphatic heterocycles. The molecule has 1 aromatic heterocycles. The molecule has 0 spiro atoms. The van der Waals surface area contributed by atoms with Crippen LogP contribution in [0.25, 0.3) is 11.1 Å². The van der Waals surface area contributed by atoms with Crippen molar-refractivity contribution >= 4 is 11.6 Å². The molecule has 1 aromatic carbocycles. The summed E-state index contributed by atoms with van der Waals surface area (Å²) >= 11 is 5.87. The number of hydrogen-bond donors (Lipinski definition) is 2. The van der Waals surface area contributed by atoms with Gasteiger partial charge in [-0.3, -0.25) is 4.79 Å². The van der Waals surface area contributed by atoms with E-state index < -0.39 is 11.7 Å². The minimum absolute atomic E-state index is 0.0922. The summed E-state index contributed by atoms with van der Waals surface area (Å²) in [7, 11) is 1.49. The van der Waals surface area contributed by atoms with Crippen molar-refractivity contribution in [3.63, 3.8) is 0 Å². The summed E-state index contributed by atoms with van der Waals surface area (Å²) in [4.78, 5) is 18.6. The minimum atomic E-state index is -0.436. The fourth-order valence-electron chi connectivity index (χ4n) is 1.69. The topological polar surface area (TPSA) is 75.2 Å². The van der Waals surface area contributed by atoms with Crippen molar-refractivity contribution in [1.29, 1.82) is 0 Å². The van der Waals surface area contributed by atoms with Gasteiger partial charge >= 0.3 is 0 Å². The number of nitrogens with one attached hydrogen (secondary N) is 1. The van der Waals surface area contributed by atoms with Crippen LogP contribution in [-0.4, -0.2) is 22.2 Å². The number of ether oxygens (including phenoxy) is 1. The van der Waals surface area contributed by atoms with E-state index in [9.17, 15) is 9.90 Å². The highest BCUT2D eigenvalue weighted by Gasteiger charge is 2.16. The van der Waals surface area contributed by atoms with E-state index in [-0.39, 0.29) is 17.3 Å². The lowest BCUT2D eigenvalue weighted by Crippen LogP contribution is -2.16. The molecule has 0 aliphatic rings. The van der Waals surface area contributed by atoms with Crippen LogP contribution in [0.4, 0.5) is 0 Å². The van der Waals surface area contributed by atoms with Crippen molar-refractivity contribution < 1.29 is 9.84 Å². The number of benzene rings is 1. The van der Waals surface area contributed by atoms with Crippen molar-refractivity contribution in [2.75, 3.05) is 7.11 Å². The molecule has 2 N–H and O–H groups in total. The van der Waals surface area contributed by atoms with Crippen LogP contribution in [0.2, 0.25) is 5.02 Å². The number of nitrogens with zero attached hydrogens (tertiary/aromatic N) is 1. The summed E-state index contributed by atoms with van der Waals surface area (Å²) in [5.74, 6) is -0.0688. The van der Waals surface area contributed by atoms with E-state index >= 15 is 0 Å². The van der Waals surface area contributed by atoms with Gasteiger partial charge in [0.25, 0.3) is 5.56 Å². The quantitative estimate of drug-likeness (QED) is 0.906. The van der Waals surface area contributed by atoms with Crippen molar-refractivity contribution in [2.45, 2.75) is 13.0 Å². The maximum atomic E-state index is 12.0. The SMILES string of the molecule is COC(C)c1nc(O)c(-c2cccc(Cl)c2)c(=O)[nH]1. The zero-order valence-corrected chi connectivity index (χ0v) is 11.2. The largest absolute Gasteiger partial charge is 0.493 e. The average molecular weight is 281 g/mol. The van der Waals surface area contributed by atoms with E-state index in [0.717, 1.165) is 0 Å². The second-order valence-corrected chi connectivity index (χ2v) is 4.47. The number of hydrogen-bond acceptors (Lipinski definition) is 4. The Morgan fingerprint density at radius 1 is 1.47 bits per heavy atom. The summed E-state index contributed by atoms with van der Waals surface area (Å²) < 4.78 is 5.05. The Morgan fingerprint density at radius 2 is 2.21 bits per heavy atom. The van der Waals surface area contributed by atoms with E-state index in [2.05, 4.69) is 9.97 Å². The molecule has 6 heteroatoms. The second kappa shape index (κ2) is 5.42. The Hall–Kier alpha value is -1.85. The highest BCUT2D eigenvalue weighted by atomic mass is 35.5. The Kier molecular flexibility index (Phi) is 3.87. The Labute approximate surface area is 114 Å². The molecule has 1 heterocycles. The van der Waals surface area contributed by atoms with Gasteiger partial charge < -0.3 is 14.8 Å². The van der Waals surface area contributed by atoms with Gasteiger partial charge in [-0.25, -0.2) is 0 Å². The predicted molar refractivity (Wildman–Crippen MR) is 72.4 cm³/mol. The van der Waals surface area contributed by atoms with Crippen molar-refractivity contribution in [1.82, 2.24) is 9.97 Å². The highest BCUT2D eigenvalue weighted by molar-refractivity contribution is 6.30. The van der Waals surface area contributed by atoms with Crippen LogP contribution in [0.15, 0.2) is 29.1 Å². The molecule has 2 rings (SSSR count). The lowest BCUT2D eigenvalue weighted by Gasteiger charge is -2.10. The summed E-state index contributed by atoms with van der Waals surface area (Å²) in [6, 6.07) is 6.65. The van der Waals surface area contributed by atoms with Gasteiger partial charge in [-0.05, 0) is 24.6 Å². The lowest BCUT2D eigenvalue weighted by atomic mass is 10.1. The van der Waals surface area contributed by atoms with E-state index in [4.69, 9.17) is 16.3 Å². The van der Waals surface area contributed by atoms with Gasteiger partial charge in [-0.15, -0.1) is 0 Å². The van der Waals surface area contributed by atoms with Gasteiger partial charge in [0.05, 0.1) is 0 Å². The third-order valence-electron chi connectivity index (χ3n) is 2.77. The third-order valence-corrected chi connectivity index (χ3v) is 3.01. The Balaban J connectivity index is 2.57. The monoisotopic (exact) mass is 280 g/mol. The summed E-state index contributed by atoms with van der Waals surface area (Å²) in [6.07, 6.45) is -0.410. The van der Waals surface area contributed by atoms with Crippen molar-refractivity contribution in [3.8, 4) is 17.0 Å². The first-order valence-corrected chi connectivity index (χ1v) is 6.02. The molecule has 0 saturated heterocycles. The number of halogens is 1. The van der Waals surface area contributed by atoms with Gasteiger partial charge in [-0.1, -0.05) is 23.7 Å². The van der Waals surface area contributed by atoms with Crippen LogP contribution >= 0.6 is 11.6 Å². The fraction of sp³-hybridized carbons (Fsp3) is 0.231. The molecule has 0 amide bonds. The lowest BCUT2D eigenvalue weighted by molar-refractivity contribution is 0.111. The normalized spacial score (nSPS) is 12.4. The summed E-state index contributed by atoms with van der Waals surface area (Å²) in [5, 5.41) is 10.4. The molecule has 1 unspecified atom stereocenters. The number of aromatic hydroxyl groups is 1. The first kappa shape index (κ1) is 13.6. The zero-order chi connectivity index (χ0) is 14.0. The first-order valence-electron chi connectivity index (χ1n) is 5.65. The molecule has 0 fully saturated rings. The number of H-pyrrole nitrogens is 1. The van der Waals surface area contributed by atoms with E-state index in [0.29, 0.717) is 10.6 Å². The molecule has 0 aliphatic carbocycles. The summed E-state index contributed by atoms with van der Waals surface area (Å²) in [6.45, 7) is 1.72. The molecule has 0 bridgehead atoms. The van der Waals surface area contributed by atoms with Gasteiger partial charge in [0.15, 0.2) is 0 Å². The van der Waals surface area contributed by atoms with Crippen molar-refractivity contribution in [3.05, 3.63) is 45.5 Å². The van der Waals surface area contributed by atoms with Gasteiger partial charge in [-0.2, -0.15) is 4.98 Å². The van der Waals surface area contributed by atoms with Gasteiger partial charge in [0.1, 0.15) is 17.5 Å².